The summed E-state index contributed by atoms with van der Waals surface area (Å²) in [5.74, 6) is 0.0175. The molecule has 0 bridgehead atoms. The smallest absolute Gasteiger partial charge is 0.260 e. The van der Waals surface area contributed by atoms with E-state index in [1.165, 1.54) is 12.1 Å². The zero-order chi connectivity index (χ0) is 13.0. The Labute approximate surface area is 106 Å². The number of aryl methyl sites for hydroxylation is 1. The molecule has 0 atom stereocenters. The van der Waals surface area contributed by atoms with Crippen molar-refractivity contribution >= 4 is 5.91 Å². The summed E-state index contributed by atoms with van der Waals surface area (Å²) in [4.78, 5) is 13.6. The van der Waals surface area contributed by atoms with Crippen LogP contribution in [0.5, 0.6) is 5.75 Å². The van der Waals surface area contributed by atoms with E-state index in [2.05, 4.69) is 5.32 Å². The fourth-order valence-electron chi connectivity index (χ4n) is 1.87. The van der Waals surface area contributed by atoms with Crippen molar-refractivity contribution < 1.29 is 13.9 Å². The van der Waals surface area contributed by atoms with Crippen LogP contribution in [0.2, 0.25) is 0 Å². The Hall–Kier alpha value is -1.62. The van der Waals surface area contributed by atoms with Gasteiger partial charge in [-0.25, -0.2) is 4.39 Å². The second-order valence-electron chi connectivity index (χ2n) is 4.33. The van der Waals surface area contributed by atoms with E-state index in [9.17, 15) is 9.18 Å². The van der Waals surface area contributed by atoms with Crippen molar-refractivity contribution in [3.63, 3.8) is 0 Å². The van der Waals surface area contributed by atoms with E-state index in [1.807, 2.05) is 6.92 Å². The van der Waals surface area contributed by atoms with Gasteiger partial charge in [0.15, 0.2) is 6.61 Å². The Bertz CT molecular complexity index is 431. The first-order valence-electron chi connectivity index (χ1n) is 6.04. The Balaban J connectivity index is 1.90. The molecule has 1 aromatic rings. The number of carbonyl (C=O) groups excluding carboxylic acids is 1. The number of rotatable bonds is 3. The first-order valence-corrected chi connectivity index (χ1v) is 6.04. The van der Waals surface area contributed by atoms with Gasteiger partial charge in [0.2, 0.25) is 0 Å². The van der Waals surface area contributed by atoms with E-state index < -0.39 is 0 Å². The van der Waals surface area contributed by atoms with Crippen LogP contribution in [-0.2, 0) is 4.79 Å². The largest absolute Gasteiger partial charge is 0.483 e. The van der Waals surface area contributed by atoms with Crippen LogP contribution in [0.15, 0.2) is 18.2 Å². The van der Waals surface area contributed by atoms with Crippen molar-refractivity contribution in [2.75, 3.05) is 32.8 Å². The molecule has 0 saturated carbocycles. The van der Waals surface area contributed by atoms with Crippen LogP contribution in [0.3, 0.4) is 0 Å². The molecule has 0 aromatic heterocycles. The van der Waals surface area contributed by atoms with Gasteiger partial charge in [-0.3, -0.25) is 4.79 Å². The summed E-state index contributed by atoms with van der Waals surface area (Å²) in [5, 5.41) is 3.18. The third-order valence-electron chi connectivity index (χ3n) is 2.97. The molecule has 1 N–H and O–H groups in total. The third-order valence-corrected chi connectivity index (χ3v) is 2.97. The second-order valence-corrected chi connectivity index (χ2v) is 4.33. The lowest BCUT2D eigenvalue weighted by Crippen LogP contribution is -2.47. The summed E-state index contributed by atoms with van der Waals surface area (Å²) < 4.78 is 18.4. The summed E-state index contributed by atoms with van der Waals surface area (Å²) in [7, 11) is 0. The van der Waals surface area contributed by atoms with E-state index in [4.69, 9.17) is 4.74 Å². The van der Waals surface area contributed by atoms with Gasteiger partial charge in [0.05, 0.1) is 0 Å². The van der Waals surface area contributed by atoms with Gasteiger partial charge in [-0.1, -0.05) is 6.07 Å². The zero-order valence-electron chi connectivity index (χ0n) is 10.4. The van der Waals surface area contributed by atoms with Gasteiger partial charge in [-0.05, 0) is 18.6 Å². The number of hydrogen-bond donors (Lipinski definition) is 1. The molecule has 0 spiro atoms. The lowest BCUT2D eigenvalue weighted by atomic mass is 10.2. The highest BCUT2D eigenvalue weighted by molar-refractivity contribution is 5.77. The Kier molecular flexibility index (Phi) is 4.15. The summed E-state index contributed by atoms with van der Waals surface area (Å²) in [6, 6.07) is 4.32. The average Bonchev–Trinajstić information content (AvgIpc) is 2.40. The predicted octanol–water partition coefficient (Wildman–Crippen LogP) is 0.945. The quantitative estimate of drug-likeness (QED) is 0.870. The molecule has 1 fully saturated rings. The first kappa shape index (κ1) is 12.8. The van der Waals surface area contributed by atoms with E-state index in [1.54, 1.807) is 11.0 Å². The molecule has 1 amide bonds. The van der Waals surface area contributed by atoms with Crippen LogP contribution >= 0.6 is 0 Å². The normalized spacial score (nSPS) is 15.6. The molecule has 1 aromatic carbocycles. The van der Waals surface area contributed by atoms with Gasteiger partial charge in [-0.2, -0.15) is 0 Å². The molecule has 1 saturated heterocycles. The highest BCUT2D eigenvalue weighted by atomic mass is 19.1. The number of halogens is 1. The molecular weight excluding hydrogens is 235 g/mol. The van der Waals surface area contributed by atoms with E-state index in [-0.39, 0.29) is 18.3 Å². The van der Waals surface area contributed by atoms with Gasteiger partial charge in [0, 0.05) is 32.2 Å². The maximum atomic E-state index is 13.0. The van der Waals surface area contributed by atoms with Crippen molar-refractivity contribution in [2.24, 2.45) is 0 Å². The standard InChI is InChI=1S/C13H17FN2O2/c1-10-2-3-11(14)8-12(10)18-9-13(17)16-6-4-15-5-7-16/h2-3,8,15H,4-7,9H2,1H3. The lowest BCUT2D eigenvalue weighted by Gasteiger charge is -2.27. The van der Waals surface area contributed by atoms with Crippen LogP contribution < -0.4 is 10.1 Å². The van der Waals surface area contributed by atoms with Crippen molar-refractivity contribution in [3.05, 3.63) is 29.6 Å². The van der Waals surface area contributed by atoms with Crippen LogP contribution in [0, 0.1) is 12.7 Å². The van der Waals surface area contributed by atoms with Crippen LogP contribution in [0.1, 0.15) is 5.56 Å². The maximum absolute atomic E-state index is 13.0. The summed E-state index contributed by atoms with van der Waals surface area (Å²) >= 11 is 0. The van der Waals surface area contributed by atoms with E-state index >= 15 is 0 Å². The second kappa shape index (κ2) is 5.82. The monoisotopic (exact) mass is 252 g/mol. The van der Waals surface area contributed by atoms with Crippen molar-refractivity contribution in [1.29, 1.82) is 0 Å². The molecule has 0 aliphatic carbocycles. The Morgan fingerprint density at radius 2 is 2.17 bits per heavy atom. The van der Waals surface area contributed by atoms with Crippen molar-refractivity contribution in [2.45, 2.75) is 6.92 Å². The minimum Gasteiger partial charge on any atom is -0.483 e. The van der Waals surface area contributed by atoms with Gasteiger partial charge < -0.3 is 15.0 Å². The highest BCUT2D eigenvalue weighted by Crippen LogP contribution is 2.18. The maximum Gasteiger partial charge on any atom is 0.260 e. The third kappa shape index (κ3) is 3.20. The molecule has 1 aliphatic heterocycles. The average molecular weight is 252 g/mol. The molecule has 4 nitrogen and oxygen atoms in total. The summed E-state index contributed by atoms with van der Waals surface area (Å²) in [6.07, 6.45) is 0. The fraction of sp³-hybridized carbons (Fsp3) is 0.462. The van der Waals surface area contributed by atoms with Crippen LogP contribution in [0.4, 0.5) is 4.39 Å². The van der Waals surface area contributed by atoms with Gasteiger partial charge in [0.25, 0.3) is 5.91 Å². The molecule has 0 unspecified atom stereocenters. The topological polar surface area (TPSA) is 41.6 Å². The minimum atomic E-state index is -0.356. The zero-order valence-corrected chi connectivity index (χ0v) is 10.4. The predicted molar refractivity (Wildman–Crippen MR) is 66.1 cm³/mol. The fourth-order valence-corrected chi connectivity index (χ4v) is 1.87. The van der Waals surface area contributed by atoms with Crippen LogP contribution in [0.25, 0.3) is 0 Å². The number of ether oxygens (including phenoxy) is 1. The SMILES string of the molecule is Cc1ccc(F)cc1OCC(=O)N1CCNCC1. The molecule has 1 heterocycles. The number of nitrogens with zero attached hydrogens (tertiary/aromatic N) is 1. The Morgan fingerprint density at radius 1 is 1.44 bits per heavy atom. The number of amides is 1. The molecule has 5 heteroatoms. The molecule has 18 heavy (non-hydrogen) atoms. The summed E-state index contributed by atoms with van der Waals surface area (Å²) in [6.45, 7) is 4.80. The van der Waals surface area contributed by atoms with Gasteiger partial charge in [-0.15, -0.1) is 0 Å². The molecule has 0 radical (unpaired) electrons. The van der Waals surface area contributed by atoms with Crippen LogP contribution in [-0.4, -0.2) is 43.6 Å². The van der Waals surface area contributed by atoms with Gasteiger partial charge in [0.1, 0.15) is 11.6 Å². The number of nitrogens with one attached hydrogen (secondary N) is 1. The molecule has 2 rings (SSSR count). The minimum absolute atomic E-state index is 0.0374. The lowest BCUT2D eigenvalue weighted by molar-refractivity contribution is -0.133. The molecular formula is C13H17FN2O2. The Morgan fingerprint density at radius 3 is 2.89 bits per heavy atom. The van der Waals surface area contributed by atoms with E-state index in [0.717, 1.165) is 18.7 Å². The molecule has 1 aliphatic rings. The van der Waals surface area contributed by atoms with E-state index in [0.29, 0.717) is 18.8 Å². The highest BCUT2D eigenvalue weighted by Gasteiger charge is 2.16. The number of carbonyl (C=O) groups is 1. The van der Waals surface area contributed by atoms with Crippen molar-refractivity contribution in [3.8, 4) is 5.75 Å². The first-order chi connectivity index (χ1) is 8.66. The number of hydrogen-bond acceptors (Lipinski definition) is 3. The number of piperazine rings is 1. The van der Waals surface area contributed by atoms with Gasteiger partial charge >= 0.3 is 0 Å². The number of benzene rings is 1. The molecule has 98 valence electrons. The van der Waals surface area contributed by atoms with Crippen molar-refractivity contribution in [1.82, 2.24) is 10.2 Å². The summed E-state index contributed by atoms with van der Waals surface area (Å²) in [5.41, 5.74) is 0.824.